The third kappa shape index (κ3) is 2.09. The Morgan fingerprint density at radius 2 is 2.35 bits per heavy atom. The molecular weight excluding hydrogens is 225 g/mol. The van der Waals surface area contributed by atoms with Crippen LogP contribution in [0.4, 0.5) is 10.2 Å². The molecule has 1 unspecified atom stereocenters. The van der Waals surface area contributed by atoms with Gasteiger partial charge >= 0.3 is 0 Å². The van der Waals surface area contributed by atoms with Gasteiger partial charge in [-0.3, -0.25) is 4.57 Å². The first-order valence-corrected chi connectivity index (χ1v) is 4.98. The van der Waals surface area contributed by atoms with Gasteiger partial charge in [0.2, 0.25) is 0 Å². The van der Waals surface area contributed by atoms with Crippen LogP contribution in [0.25, 0.3) is 11.2 Å². The summed E-state index contributed by atoms with van der Waals surface area (Å²) in [5, 5.41) is 8.83. The number of nitrogens with two attached hydrogens (primary N) is 1. The first-order valence-electron chi connectivity index (χ1n) is 4.98. The predicted octanol–water partition coefficient (Wildman–Crippen LogP) is 0.815. The highest BCUT2D eigenvalue weighted by Gasteiger charge is 2.13. The van der Waals surface area contributed by atoms with E-state index in [0.717, 1.165) is 0 Å². The molecule has 0 radical (unpaired) electrons. The maximum Gasteiger partial charge on any atom is 0.197 e. The number of allylic oxidation sites excluding steroid dienone is 1. The third-order valence-corrected chi connectivity index (χ3v) is 2.32. The van der Waals surface area contributed by atoms with E-state index < -0.39 is 6.30 Å². The Bertz CT molecular complexity index is 565. The molecule has 3 N–H and O–H groups in total. The van der Waals surface area contributed by atoms with Gasteiger partial charge in [0, 0.05) is 0 Å². The predicted molar refractivity (Wildman–Crippen MR) is 60.7 cm³/mol. The quantitative estimate of drug-likeness (QED) is 0.771. The Kier molecular flexibility index (Phi) is 3.01. The third-order valence-electron chi connectivity index (χ3n) is 2.32. The molecule has 0 aromatic carbocycles. The number of anilines is 1. The van der Waals surface area contributed by atoms with Gasteiger partial charge in [0.05, 0.1) is 12.9 Å². The Morgan fingerprint density at radius 3 is 3.06 bits per heavy atom. The number of aromatic nitrogens is 4. The Morgan fingerprint density at radius 1 is 1.59 bits per heavy atom. The summed E-state index contributed by atoms with van der Waals surface area (Å²) in [6, 6.07) is 0. The number of aliphatic hydroxyl groups excluding tert-OH is 1. The highest BCUT2D eigenvalue weighted by molar-refractivity contribution is 5.81. The molecule has 0 saturated carbocycles. The van der Waals surface area contributed by atoms with Crippen molar-refractivity contribution >= 4 is 17.0 Å². The zero-order valence-corrected chi connectivity index (χ0v) is 9.21. The standard InChI is InChI=1S/C10H12FN5O/c1-6(3-17)2-7(11)16-5-15-8-9(12)13-4-14-10(8)16/h2,4-5,7,17H,3H2,1H3,(H2,12,13,14)/b6-2-. The van der Waals surface area contributed by atoms with Crippen LogP contribution in [0.2, 0.25) is 0 Å². The van der Waals surface area contributed by atoms with Crippen LogP contribution >= 0.6 is 0 Å². The fraction of sp³-hybridized carbons (Fsp3) is 0.300. The van der Waals surface area contributed by atoms with Gasteiger partial charge in [0.1, 0.15) is 11.8 Å². The van der Waals surface area contributed by atoms with Gasteiger partial charge in [-0.2, -0.15) is 0 Å². The van der Waals surface area contributed by atoms with Gasteiger partial charge < -0.3 is 10.8 Å². The van der Waals surface area contributed by atoms with Crippen LogP contribution in [0.3, 0.4) is 0 Å². The molecule has 1 atom stereocenters. The molecule has 2 aromatic rings. The number of imidazole rings is 1. The summed E-state index contributed by atoms with van der Waals surface area (Å²) >= 11 is 0. The van der Waals surface area contributed by atoms with Crippen molar-refractivity contribution in [1.29, 1.82) is 0 Å². The molecule has 2 heterocycles. The molecule has 0 fully saturated rings. The molecule has 0 spiro atoms. The largest absolute Gasteiger partial charge is 0.392 e. The second-order valence-electron chi connectivity index (χ2n) is 3.63. The summed E-state index contributed by atoms with van der Waals surface area (Å²) in [4.78, 5) is 11.7. The van der Waals surface area contributed by atoms with E-state index in [1.165, 1.54) is 23.3 Å². The number of rotatable bonds is 3. The van der Waals surface area contributed by atoms with Crippen molar-refractivity contribution in [2.45, 2.75) is 13.2 Å². The van der Waals surface area contributed by atoms with E-state index in [1.807, 2.05) is 0 Å². The summed E-state index contributed by atoms with van der Waals surface area (Å²) in [6.45, 7) is 1.44. The Hall–Kier alpha value is -2.02. The lowest BCUT2D eigenvalue weighted by Gasteiger charge is -2.06. The van der Waals surface area contributed by atoms with Gasteiger partial charge in [-0.1, -0.05) is 0 Å². The monoisotopic (exact) mass is 237 g/mol. The molecule has 0 aliphatic carbocycles. The number of hydrogen-bond donors (Lipinski definition) is 2. The van der Waals surface area contributed by atoms with E-state index in [-0.39, 0.29) is 12.4 Å². The number of aliphatic hydroxyl groups is 1. The number of halogens is 1. The molecule has 90 valence electrons. The zero-order valence-electron chi connectivity index (χ0n) is 9.21. The van der Waals surface area contributed by atoms with Crippen LogP contribution in [0.1, 0.15) is 13.2 Å². The smallest absolute Gasteiger partial charge is 0.197 e. The van der Waals surface area contributed by atoms with Crippen molar-refractivity contribution in [2.75, 3.05) is 12.3 Å². The molecule has 0 amide bonds. The fourth-order valence-electron chi connectivity index (χ4n) is 1.42. The maximum atomic E-state index is 13.9. The van der Waals surface area contributed by atoms with Gasteiger partial charge in [-0.05, 0) is 18.6 Å². The SMILES string of the molecule is C/C(=C/C(F)n1cnc2c(N)ncnc21)CO. The minimum absolute atomic E-state index is 0.190. The van der Waals surface area contributed by atoms with E-state index in [9.17, 15) is 4.39 Å². The molecule has 7 heteroatoms. The minimum atomic E-state index is -1.44. The number of fused-ring (bicyclic) bond motifs is 1. The molecule has 17 heavy (non-hydrogen) atoms. The van der Waals surface area contributed by atoms with Crippen molar-refractivity contribution in [3.05, 3.63) is 24.3 Å². The van der Waals surface area contributed by atoms with Gasteiger partial charge in [-0.25, -0.2) is 19.3 Å². The lowest BCUT2D eigenvalue weighted by molar-refractivity contribution is 0.298. The number of hydrogen-bond acceptors (Lipinski definition) is 5. The summed E-state index contributed by atoms with van der Waals surface area (Å²) in [5.41, 5.74) is 6.81. The molecule has 0 aliphatic heterocycles. The second-order valence-corrected chi connectivity index (χ2v) is 3.63. The molecule has 2 rings (SSSR count). The highest BCUT2D eigenvalue weighted by atomic mass is 19.1. The minimum Gasteiger partial charge on any atom is -0.392 e. The van der Waals surface area contributed by atoms with Crippen LogP contribution in [0, 0.1) is 0 Å². The fourth-order valence-corrected chi connectivity index (χ4v) is 1.42. The first-order chi connectivity index (χ1) is 8.13. The van der Waals surface area contributed by atoms with Gasteiger partial charge in [-0.15, -0.1) is 0 Å². The summed E-state index contributed by atoms with van der Waals surface area (Å²) in [5.74, 6) is 0.212. The van der Waals surface area contributed by atoms with Gasteiger partial charge in [0.25, 0.3) is 0 Å². The van der Waals surface area contributed by atoms with E-state index >= 15 is 0 Å². The average molecular weight is 237 g/mol. The Labute approximate surface area is 96.6 Å². The molecule has 0 aliphatic rings. The molecular formula is C10H12FN5O. The highest BCUT2D eigenvalue weighted by Crippen LogP contribution is 2.21. The maximum absolute atomic E-state index is 13.9. The first kappa shape index (κ1) is 11.5. The van der Waals surface area contributed by atoms with Crippen LogP contribution in [-0.2, 0) is 0 Å². The molecule has 6 nitrogen and oxygen atoms in total. The Balaban J connectivity index is 2.46. The summed E-state index contributed by atoms with van der Waals surface area (Å²) in [6.07, 6.45) is 2.41. The summed E-state index contributed by atoms with van der Waals surface area (Å²) < 4.78 is 15.1. The van der Waals surface area contributed by atoms with E-state index in [2.05, 4.69) is 15.0 Å². The average Bonchev–Trinajstić information content (AvgIpc) is 2.74. The number of nitrogen functional groups attached to an aromatic ring is 1. The second kappa shape index (κ2) is 4.46. The van der Waals surface area contributed by atoms with E-state index in [4.69, 9.17) is 10.8 Å². The molecule has 0 saturated heterocycles. The van der Waals surface area contributed by atoms with Crippen molar-refractivity contribution in [3.63, 3.8) is 0 Å². The van der Waals surface area contributed by atoms with Crippen molar-refractivity contribution in [2.24, 2.45) is 0 Å². The van der Waals surface area contributed by atoms with E-state index in [0.29, 0.717) is 16.7 Å². The summed E-state index contributed by atoms with van der Waals surface area (Å²) in [7, 11) is 0. The number of alkyl halides is 1. The zero-order chi connectivity index (χ0) is 12.4. The topological polar surface area (TPSA) is 89.9 Å². The van der Waals surface area contributed by atoms with E-state index in [1.54, 1.807) is 6.92 Å². The lowest BCUT2D eigenvalue weighted by Crippen LogP contribution is -2.03. The normalized spacial score (nSPS) is 14.2. The van der Waals surface area contributed by atoms with Crippen LogP contribution in [-0.4, -0.2) is 31.2 Å². The molecule has 0 bridgehead atoms. The van der Waals surface area contributed by atoms with Crippen LogP contribution in [0.5, 0.6) is 0 Å². The van der Waals surface area contributed by atoms with Crippen molar-refractivity contribution in [1.82, 2.24) is 19.5 Å². The van der Waals surface area contributed by atoms with Crippen LogP contribution < -0.4 is 5.73 Å². The number of nitrogens with zero attached hydrogens (tertiary/aromatic N) is 4. The van der Waals surface area contributed by atoms with Crippen molar-refractivity contribution in [3.8, 4) is 0 Å². The lowest BCUT2D eigenvalue weighted by atomic mass is 10.3. The van der Waals surface area contributed by atoms with Crippen LogP contribution in [0.15, 0.2) is 24.3 Å². The van der Waals surface area contributed by atoms with Gasteiger partial charge in [0.15, 0.2) is 17.8 Å². The van der Waals surface area contributed by atoms with Crippen molar-refractivity contribution < 1.29 is 9.50 Å². The molecule has 2 aromatic heterocycles.